The molecule has 0 fully saturated rings. The molecule has 0 aromatic heterocycles. The molecule has 0 aromatic carbocycles. The highest BCUT2D eigenvalue weighted by Gasteiger charge is 2.19. The van der Waals surface area contributed by atoms with E-state index in [2.05, 4.69) is 6.92 Å². The molecule has 0 radical (unpaired) electrons. The van der Waals surface area contributed by atoms with E-state index in [1.165, 1.54) is 57.8 Å². The van der Waals surface area contributed by atoms with Crippen molar-refractivity contribution >= 4 is 5.97 Å². The van der Waals surface area contributed by atoms with Crippen molar-refractivity contribution in [3.05, 3.63) is 0 Å². The predicted molar refractivity (Wildman–Crippen MR) is 90.6 cm³/mol. The lowest BCUT2D eigenvalue weighted by Gasteiger charge is -2.20. The lowest BCUT2D eigenvalue weighted by Crippen LogP contribution is -2.36. The van der Waals surface area contributed by atoms with Crippen molar-refractivity contribution in [1.82, 2.24) is 4.90 Å². The molecular formula is C18H37NO2. The van der Waals surface area contributed by atoms with Crippen molar-refractivity contribution in [2.75, 3.05) is 20.7 Å². The molecule has 21 heavy (non-hydrogen) atoms. The van der Waals surface area contributed by atoms with Gasteiger partial charge in [-0.3, -0.25) is 9.69 Å². The third kappa shape index (κ3) is 11.7. The molecule has 0 aliphatic carbocycles. The smallest absolute Gasteiger partial charge is 0.323 e. The normalized spacial score (nSPS) is 12.6. The van der Waals surface area contributed by atoms with E-state index in [-0.39, 0.29) is 12.0 Å². The molecule has 0 saturated carbocycles. The zero-order valence-corrected chi connectivity index (χ0v) is 14.8. The number of esters is 1. The summed E-state index contributed by atoms with van der Waals surface area (Å²) in [4.78, 5) is 13.7. The summed E-state index contributed by atoms with van der Waals surface area (Å²) < 4.78 is 5.35. The first kappa shape index (κ1) is 20.4. The lowest BCUT2D eigenvalue weighted by molar-refractivity contribution is -0.149. The number of nitrogens with zero attached hydrogens (tertiary/aromatic N) is 1. The van der Waals surface area contributed by atoms with Crippen molar-refractivity contribution in [3.63, 3.8) is 0 Å². The van der Waals surface area contributed by atoms with Gasteiger partial charge in [-0.15, -0.1) is 0 Å². The number of unbranched alkanes of at least 4 members (excludes halogenated alkanes) is 9. The van der Waals surface area contributed by atoms with E-state index in [1.807, 2.05) is 25.9 Å². The highest BCUT2D eigenvalue weighted by molar-refractivity contribution is 5.75. The Hall–Kier alpha value is -0.570. The molecule has 3 heteroatoms. The summed E-state index contributed by atoms with van der Waals surface area (Å²) in [5, 5.41) is 0. The van der Waals surface area contributed by atoms with Gasteiger partial charge in [-0.25, -0.2) is 0 Å². The van der Waals surface area contributed by atoms with Crippen LogP contribution in [0.1, 0.15) is 84.5 Å². The lowest BCUT2D eigenvalue weighted by atomic mass is 10.1. The van der Waals surface area contributed by atoms with Gasteiger partial charge in [0, 0.05) is 0 Å². The molecule has 0 heterocycles. The van der Waals surface area contributed by atoms with Crippen LogP contribution in [0, 0.1) is 0 Å². The number of rotatable bonds is 14. The Balaban J connectivity index is 3.34. The molecule has 0 saturated heterocycles. The molecule has 1 atom stereocenters. The maximum atomic E-state index is 11.8. The van der Waals surface area contributed by atoms with Gasteiger partial charge >= 0.3 is 5.97 Å². The molecule has 126 valence electrons. The van der Waals surface area contributed by atoms with Crippen LogP contribution in [0.25, 0.3) is 0 Å². The fourth-order valence-corrected chi connectivity index (χ4v) is 2.60. The van der Waals surface area contributed by atoms with Gasteiger partial charge in [0.15, 0.2) is 0 Å². The van der Waals surface area contributed by atoms with E-state index < -0.39 is 0 Å². The number of hydrogen-bond donors (Lipinski definition) is 0. The summed E-state index contributed by atoms with van der Waals surface area (Å²) >= 11 is 0. The molecule has 3 nitrogen and oxygen atoms in total. The second-order valence-corrected chi connectivity index (χ2v) is 6.24. The quantitative estimate of drug-likeness (QED) is 0.341. The maximum absolute atomic E-state index is 11.8. The average molecular weight is 299 g/mol. The summed E-state index contributed by atoms with van der Waals surface area (Å²) in [6.45, 7) is 4.86. The standard InChI is InChI=1S/C18H37NO2/c1-5-7-8-9-10-11-12-13-14-15-16-21-18(20)17(6-2)19(3)4/h17H,5-16H2,1-4H3. The molecule has 1 unspecified atom stereocenters. The number of carbonyl (C=O) groups excluding carboxylic acids is 1. The van der Waals surface area contributed by atoms with E-state index in [0.717, 1.165) is 12.8 Å². The predicted octanol–water partition coefficient (Wildman–Crippen LogP) is 4.79. The SMILES string of the molecule is CCCCCCCCCCCCOC(=O)C(CC)N(C)C. The Kier molecular flexibility index (Phi) is 14.0. The van der Waals surface area contributed by atoms with E-state index in [1.54, 1.807) is 0 Å². The minimum Gasteiger partial charge on any atom is -0.465 e. The second-order valence-electron chi connectivity index (χ2n) is 6.24. The van der Waals surface area contributed by atoms with Crippen LogP contribution in [0.5, 0.6) is 0 Å². The summed E-state index contributed by atoms with van der Waals surface area (Å²) in [6.07, 6.45) is 13.9. The first-order chi connectivity index (χ1) is 10.1. The number of hydrogen-bond acceptors (Lipinski definition) is 3. The first-order valence-electron chi connectivity index (χ1n) is 8.96. The second kappa shape index (κ2) is 14.4. The largest absolute Gasteiger partial charge is 0.465 e. The summed E-state index contributed by atoms with van der Waals surface area (Å²) in [5.41, 5.74) is 0. The minimum absolute atomic E-state index is 0.0709. The van der Waals surface area contributed by atoms with Crippen molar-refractivity contribution in [2.24, 2.45) is 0 Å². The van der Waals surface area contributed by atoms with Crippen LogP contribution >= 0.6 is 0 Å². The molecule has 0 aromatic rings. The number of carbonyl (C=O) groups is 1. The van der Waals surface area contributed by atoms with E-state index in [4.69, 9.17) is 4.74 Å². The monoisotopic (exact) mass is 299 g/mol. The molecular weight excluding hydrogens is 262 g/mol. The van der Waals surface area contributed by atoms with Crippen LogP contribution < -0.4 is 0 Å². The first-order valence-corrected chi connectivity index (χ1v) is 8.96. The molecule has 0 aliphatic rings. The fraction of sp³-hybridized carbons (Fsp3) is 0.944. The van der Waals surface area contributed by atoms with Gasteiger partial charge in [-0.1, -0.05) is 71.6 Å². The summed E-state index contributed by atoms with van der Waals surface area (Å²) in [5.74, 6) is -0.0709. The van der Waals surface area contributed by atoms with Crippen LogP contribution in [-0.4, -0.2) is 37.6 Å². The third-order valence-electron chi connectivity index (χ3n) is 4.02. The Morgan fingerprint density at radius 1 is 0.857 bits per heavy atom. The Labute approximate surface area is 132 Å². The van der Waals surface area contributed by atoms with E-state index in [9.17, 15) is 4.79 Å². The molecule has 0 spiro atoms. The Morgan fingerprint density at radius 3 is 1.76 bits per heavy atom. The zero-order chi connectivity index (χ0) is 15.9. The van der Waals surface area contributed by atoms with E-state index >= 15 is 0 Å². The minimum atomic E-state index is -0.0897. The molecule has 0 bridgehead atoms. The Morgan fingerprint density at radius 2 is 1.33 bits per heavy atom. The van der Waals surface area contributed by atoms with Gasteiger partial charge in [-0.2, -0.15) is 0 Å². The third-order valence-corrected chi connectivity index (χ3v) is 4.02. The van der Waals surface area contributed by atoms with Crippen LogP contribution in [0.4, 0.5) is 0 Å². The van der Waals surface area contributed by atoms with Crippen LogP contribution in [0.15, 0.2) is 0 Å². The van der Waals surface area contributed by atoms with Gasteiger partial charge in [0.1, 0.15) is 6.04 Å². The zero-order valence-electron chi connectivity index (χ0n) is 14.8. The highest BCUT2D eigenvalue weighted by Crippen LogP contribution is 2.10. The van der Waals surface area contributed by atoms with Crippen LogP contribution in [0.3, 0.4) is 0 Å². The average Bonchev–Trinajstić information content (AvgIpc) is 2.45. The highest BCUT2D eigenvalue weighted by atomic mass is 16.5. The van der Waals surface area contributed by atoms with Gasteiger partial charge in [-0.05, 0) is 26.9 Å². The number of ether oxygens (including phenoxy) is 1. The van der Waals surface area contributed by atoms with Crippen molar-refractivity contribution in [2.45, 2.75) is 90.5 Å². The van der Waals surface area contributed by atoms with Crippen LogP contribution in [0.2, 0.25) is 0 Å². The fourth-order valence-electron chi connectivity index (χ4n) is 2.60. The van der Waals surface area contributed by atoms with E-state index in [0.29, 0.717) is 6.61 Å². The maximum Gasteiger partial charge on any atom is 0.323 e. The van der Waals surface area contributed by atoms with Gasteiger partial charge in [0.2, 0.25) is 0 Å². The van der Waals surface area contributed by atoms with Crippen molar-refractivity contribution in [3.8, 4) is 0 Å². The molecule has 0 rings (SSSR count). The molecule has 0 N–H and O–H groups in total. The topological polar surface area (TPSA) is 29.5 Å². The molecule has 0 aliphatic heterocycles. The summed E-state index contributed by atoms with van der Waals surface area (Å²) in [7, 11) is 3.85. The van der Waals surface area contributed by atoms with Gasteiger partial charge < -0.3 is 4.74 Å². The van der Waals surface area contributed by atoms with Crippen molar-refractivity contribution in [1.29, 1.82) is 0 Å². The van der Waals surface area contributed by atoms with Crippen LogP contribution in [-0.2, 0) is 9.53 Å². The summed E-state index contributed by atoms with van der Waals surface area (Å²) in [6, 6.07) is -0.0897. The van der Waals surface area contributed by atoms with Gasteiger partial charge in [0.25, 0.3) is 0 Å². The molecule has 0 amide bonds. The number of likely N-dealkylation sites (N-methyl/N-ethyl adjacent to an activating group) is 1. The Bertz CT molecular complexity index is 241. The van der Waals surface area contributed by atoms with Crippen molar-refractivity contribution < 1.29 is 9.53 Å². The van der Waals surface area contributed by atoms with Gasteiger partial charge in [0.05, 0.1) is 6.61 Å².